The van der Waals surface area contributed by atoms with E-state index in [4.69, 9.17) is 4.74 Å². The van der Waals surface area contributed by atoms with Crippen molar-refractivity contribution in [3.63, 3.8) is 0 Å². The largest absolute Gasteiger partial charge is 0.378 e. The van der Waals surface area contributed by atoms with Gasteiger partial charge in [0.2, 0.25) is 5.91 Å². The van der Waals surface area contributed by atoms with E-state index in [-0.39, 0.29) is 17.9 Å². The summed E-state index contributed by atoms with van der Waals surface area (Å²) in [6, 6.07) is 0.325. The quantitative estimate of drug-likeness (QED) is 0.727. The first-order chi connectivity index (χ1) is 7.75. The van der Waals surface area contributed by atoms with E-state index in [1.165, 1.54) is 0 Å². The molecule has 2 aliphatic heterocycles. The molecule has 2 atom stereocenters. The molecule has 0 bridgehead atoms. The van der Waals surface area contributed by atoms with Crippen LogP contribution >= 0.6 is 0 Å². The summed E-state index contributed by atoms with van der Waals surface area (Å²) in [5, 5.41) is 6.45. The molecule has 2 unspecified atom stereocenters. The zero-order valence-corrected chi connectivity index (χ0v) is 10.00. The van der Waals surface area contributed by atoms with E-state index in [9.17, 15) is 4.79 Å². The summed E-state index contributed by atoms with van der Waals surface area (Å²) >= 11 is 0. The van der Waals surface area contributed by atoms with Crippen LogP contribution in [-0.2, 0) is 9.53 Å². The molecule has 16 heavy (non-hydrogen) atoms. The van der Waals surface area contributed by atoms with Crippen molar-refractivity contribution >= 4 is 5.91 Å². The lowest BCUT2D eigenvalue weighted by Crippen LogP contribution is -2.45. The lowest BCUT2D eigenvalue weighted by Gasteiger charge is -2.30. The van der Waals surface area contributed by atoms with Gasteiger partial charge in [-0.2, -0.15) is 0 Å². The van der Waals surface area contributed by atoms with Crippen molar-refractivity contribution < 1.29 is 9.53 Å². The molecule has 0 aliphatic carbocycles. The molecule has 2 N–H and O–H groups in total. The van der Waals surface area contributed by atoms with Gasteiger partial charge in [-0.25, -0.2) is 0 Å². The minimum atomic E-state index is 0.222. The van der Waals surface area contributed by atoms with Crippen molar-refractivity contribution in [3.8, 4) is 0 Å². The zero-order chi connectivity index (χ0) is 11.4. The van der Waals surface area contributed by atoms with Gasteiger partial charge >= 0.3 is 0 Å². The third-order valence-electron chi connectivity index (χ3n) is 3.54. The highest BCUT2D eigenvalue weighted by molar-refractivity contribution is 5.79. The summed E-state index contributed by atoms with van der Waals surface area (Å²) < 4.78 is 5.47. The van der Waals surface area contributed by atoms with E-state index in [1.54, 1.807) is 0 Å². The third kappa shape index (κ3) is 3.19. The topological polar surface area (TPSA) is 50.4 Å². The van der Waals surface area contributed by atoms with Crippen LogP contribution in [-0.4, -0.2) is 37.7 Å². The fourth-order valence-electron chi connectivity index (χ4n) is 2.53. The molecule has 0 aromatic heterocycles. The highest BCUT2D eigenvalue weighted by Crippen LogP contribution is 2.16. The number of carbonyl (C=O) groups is 1. The molecule has 0 spiro atoms. The van der Waals surface area contributed by atoms with Crippen LogP contribution in [0.3, 0.4) is 0 Å². The maximum Gasteiger partial charge on any atom is 0.223 e. The van der Waals surface area contributed by atoms with Gasteiger partial charge in [0.15, 0.2) is 0 Å². The number of piperidine rings is 1. The van der Waals surface area contributed by atoms with Crippen LogP contribution in [0.1, 0.15) is 32.6 Å². The van der Waals surface area contributed by atoms with Gasteiger partial charge in [0.05, 0.1) is 6.10 Å². The van der Waals surface area contributed by atoms with Crippen LogP contribution in [0.15, 0.2) is 0 Å². The van der Waals surface area contributed by atoms with Crippen molar-refractivity contribution in [2.45, 2.75) is 44.8 Å². The molecule has 0 radical (unpaired) electrons. The summed E-state index contributed by atoms with van der Waals surface area (Å²) in [4.78, 5) is 12.0. The average molecular weight is 226 g/mol. The molecule has 2 fully saturated rings. The van der Waals surface area contributed by atoms with Crippen LogP contribution in [0.4, 0.5) is 0 Å². The highest BCUT2D eigenvalue weighted by Gasteiger charge is 2.25. The van der Waals surface area contributed by atoms with E-state index >= 15 is 0 Å². The first-order valence-electron chi connectivity index (χ1n) is 6.38. The number of ether oxygens (including phenoxy) is 1. The number of carbonyl (C=O) groups excluding carboxylic acids is 1. The van der Waals surface area contributed by atoms with Crippen LogP contribution < -0.4 is 10.6 Å². The Hall–Kier alpha value is -0.610. The molecule has 1 amide bonds. The van der Waals surface area contributed by atoms with Crippen molar-refractivity contribution in [1.29, 1.82) is 0 Å². The number of rotatable bonds is 2. The Balaban J connectivity index is 1.77. The van der Waals surface area contributed by atoms with Gasteiger partial charge in [-0.15, -0.1) is 0 Å². The fraction of sp³-hybridized carbons (Fsp3) is 0.917. The Kier molecular flexibility index (Phi) is 4.18. The van der Waals surface area contributed by atoms with Gasteiger partial charge in [0.1, 0.15) is 0 Å². The molecule has 92 valence electrons. The summed E-state index contributed by atoms with van der Waals surface area (Å²) in [7, 11) is 0. The molecule has 4 nitrogen and oxygen atoms in total. The Morgan fingerprint density at radius 3 is 2.75 bits per heavy atom. The summed E-state index contributed by atoms with van der Waals surface area (Å²) in [6.07, 6.45) is 4.15. The number of hydrogen-bond acceptors (Lipinski definition) is 3. The van der Waals surface area contributed by atoms with Gasteiger partial charge in [0, 0.05) is 18.6 Å². The second-order valence-corrected chi connectivity index (χ2v) is 4.94. The molecule has 0 saturated carbocycles. The van der Waals surface area contributed by atoms with Crippen LogP contribution in [0.5, 0.6) is 0 Å². The van der Waals surface area contributed by atoms with E-state index < -0.39 is 0 Å². The van der Waals surface area contributed by atoms with Crippen LogP contribution in [0.25, 0.3) is 0 Å². The van der Waals surface area contributed by atoms with Crippen molar-refractivity contribution in [2.24, 2.45) is 5.92 Å². The molecule has 0 aromatic rings. The highest BCUT2D eigenvalue weighted by atomic mass is 16.5. The Morgan fingerprint density at radius 2 is 2.06 bits per heavy atom. The molecule has 2 rings (SSSR count). The van der Waals surface area contributed by atoms with E-state index in [2.05, 4.69) is 17.6 Å². The standard InChI is InChI=1S/C12H22N2O2/c1-9-8-11(4-7-16-9)14-12(15)10-2-5-13-6-3-10/h9-11,13H,2-8H2,1H3,(H,14,15). The first kappa shape index (κ1) is 11.9. The number of hydrogen-bond donors (Lipinski definition) is 2. The third-order valence-corrected chi connectivity index (χ3v) is 3.54. The second-order valence-electron chi connectivity index (χ2n) is 4.94. The minimum Gasteiger partial charge on any atom is -0.378 e. The van der Waals surface area contributed by atoms with Crippen LogP contribution in [0.2, 0.25) is 0 Å². The lowest BCUT2D eigenvalue weighted by atomic mass is 9.96. The predicted octanol–water partition coefficient (Wildman–Crippen LogP) is 0.670. The van der Waals surface area contributed by atoms with Gasteiger partial charge in [-0.3, -0.25) is 4.79 Å². The van der Waals surface area contributed by atoms with Crippen molar-refractivity contribution in [2.75, 3.05) is 19.7 Å². The normalized spacial score (nSPS) is 32.3. The van der Waals surface area contributed by atoms with Crippen molar-refractivity contribution in [1.82, 2.24) is 10.6 Å². The molecular weight excluding hydrogens is 204 g/mol. The SMILES string of the molecule is CC1CC(NC(=O)C2CCNCC2)CCO1. The second kappa shape index (κ2) is 5.64. The monoisotopic (exact) mass is 226 g/mol. The average Bonchev–Trinajstić information content (AvgIpc) is 2.30. The van der Waals surface area contributed by atoms with E-state index in [0.29, 0.717) is 6.04 Å². The van der Waals surface area contributed by atoms with Gasteiger partial charge in [-0.1, -0.05) is 0 Å². The summed E-state index contributed by atoms with van der Waals surface area (Å²) in [5.41, 5.74) is 0. The molecule has 2 aliphatic rings. The molecule has 2 saturated heterocycles. The predicted molar refractivity (Wildman–Crippen MR) is 62.2 cm³/mol. The maximum atomic E-state index is 12.0. The smallest absolute Gasteiger partial charge is 0.223 e. The molecule has 4 heteroatoms. The number of amides is 1. The Morgan fingerprint density at radius 1 is 1.31 bits per heavy atom. The lowest BCUT2D eigenvalue weighted by molar-refractivity contribution is -0.127. The van der Waals surface area contributed by atoms with Gasteiger partial charge in [-0.05, 0) is 45.7 Å². The van der Waals surface area contributed by atoms with E-state index in [1.807, 2.05) is 0 Å². The molecule has 0 aromatic carbocycles. The fourth-order valence-corrected chi connectivity index (χ4v) is 2.53. The Bertz CT molecular complexity index is 239. The maximum absolute atomic E-state index is 12.0. The summed E-state index contributed by atoms with van der Waals surface area (Å²) in [5.74, 6) is 0.472. The van der Waals surface area contributed by atoms with Gasteiger partial charge < -0.3 is 15.4 Å². The minimum absolute atomic E-state index is 0.222. The van der Waals surface area contributed by atoms with E-state index in [0.717, 1.165) is 45.4 Å². The molecular formula is C12H22N2O2. The number of nitrogens with one attached hydrogen (secondary N) is 2. The van der Waals surface area contributed by atoms with Crippen molar-refractivity contribution in [3.05, 3.63) is 0 Å². The van der Waals surface area contributed by atoms with Crippen LogP contribution in [0, 0.1) is 5.92 Å². The Labute approximate surface area is 97.1 Å². The zero-order valence-electron chi connectivity index (χ0n) is 10.00. The molecule has 2 heterocycles. The first-order valence-corrected chi connectivity index (χ1v) is 6.38. The summed E-state index contributed by atoms with van der Waals surface area (Å²) in [6.45, 7) is 4.80. The van der Waals surface area contributed by atoms with Gasteiger partial charge in [0.25, 0.3) is 0 Å².